The first-order valence-electron chi connectivity index (χ1n) is 9.01. The molecule has 2 radical (unpaired) electrons. The summed E-state index contributed by atoms with van der Waals surface area (Å²) in [7, 11) is 5.82. The number of carbonyl (C=O) groups excluding carboxylic acids is 1. The number of carboxylic acid groups (broad SMARTS) is 1. The van der Waals surface area contributed by atoms with E-state index in [0.29, 0.717) is 29.1 Å². The van der Waals surface area contributed by atoms with Crippen molar-refractivity contribution in [1.29, 1.82) is 0 Å². The highest BCUT2D eigenvalue weighted by atomic mass is 16.5. The van der Waals surface area contributed by atoms with E-state index in [0.717, 1.165) is 0 Å². The van der Waals surface area contributed by atoms with Crippen LogP contribution in [0.2, 0.25) is 0 Å². The van der Waals surface area contributed by atoms with E-state index in [4.69, 9.17) is 22.4 Å². The highest BCUT2D eigenvalue weighted by Gasteiger charge is 2.21. The molecule has 1 N–H and O–H groups in total. The summed E-state index contributed by atoms with van der Waals surface area (Å²) in [5.74, 6) is -0.743. The standard InChI is InChI=1S/C21H19BN2O5/c1-3-28-19-7-5-4-6-17(19)24-12-14(11-23-24)20(25)16-10-15(22)8-9-18(16)29-13(2)21(26)27/h4-13H,3H2,1-2H3,(H,26,27). The van der Waals surface area contributed by atoms with Crippen molar-refractivity contribution in [2.75, 3.05) is 6.61 Å². The van der Waals surface area contributed by atoms with E-state index in [1.54, 1.807) is 16.9 Å². The summed E-state index contributed by atoms with van der Waals surface area (Å²) < 4.78 is 12.6. The molecular formula is C21H19BN2O5. The predicted octanol–water partition coefficient (Wildman–Crippen LogP) is 2.15. The Bertz CT molecular complexity index is 1050. The summed E-state index contributed by atoms with van der Waals surface area (Å²) in [6, 6.07) is 11.8. The van der Waals surface area contributed by atoms with Gasteiger partial charge in [0.15, 0.2) is 11.9 Å². The van der Waals surface area contributed by atoms with Crippen LogP contribution in [0, 0.1) is 0 Å². The molecule has 0 fully saturated rings. The number of hydrogen-bond acceptors (Lipinski definition) is 5. The number of aromatic nitrogens is 2. The Balaban J connectivity index is 1.95. The Labute approximate surface area is 169 Å². The van der Waals surface area contributed by atoms with Gasteiger partial charge in [-0.2, -0.15) is 5.10 Å². The number of ether oxygens (including phenoxy) is 2. The van der Waals surface area contributed by atoms with Crippen LogP contribution in [-0.4, -0.2) is 47.2 Å². The minimum atomic E-state index is -1.14. The molecule has 3 aromatic rings. The van der Waals surface area contributed by atoms with E-state index in [2.05, 4.69) is 5.10 Å². The number of rotatable bonds is 8. The van der Waals surface area contributed by atoms with Crippen LogP contribution in [0.1, 0.15) is 29.8 Å². The van der Waals surface area contributed by atoms with Crippen LogP contribution in [0.4, 0.5) is 0 Å². The van der Waals surface area contributed by atoms with Crippen molar-refractivity contribution < 1.29 is 24.2 Å². The second-order valence-electron chi connectivity index (χ2n) is 6.26. The van der Waals surface area contributed by atoms with E-state index in [9.17, 15) is 9.59 Å². The van der Waals surface area contributed by atoms with E-state index >= 15 is 0 Å². The highest BCUT2D eigenvalue weighted by Crippen LogP contribution is 2.25. The zero-order valence-electron chi connectivity index (χ0n) is 16.0. The van der Waals surface area contributed by atoms with Gasteiger partial charge in [0.2, 0.25) is 0 Å². The van der Waals surface area contributed by atoms with Gasteiger partial charge in [-0.15, -0.1) is 0 Å². The van der Waals surface area contributed by atoms with Gasteiger partial charge in [-0.25, -0.2) is 9.48 Å². The van der Waals surface area contributed by atoms with Crippen molar-refractivity contribution in [2.24, 2.45) is 0 Å². The quantitative estimate of drug-likeness (QED) is 0.468. The fourth-order valence-corrected chi connectivity index (χ4v) is 2.72. The third-order valence-corrected chi connectivity index (χ3v) is 4.16. The number of aliphatic carboxylic acids is 1. The van der Waals surface area contributed by atoms with Crippen molar-refractivity contribution in [1.82, 2.24) is 9.78 Å². The van der Waals surface area contributed by atoms with E-state index in [1.165, 1.54) is 25.3 Å². The zero-order chi connectivity index (χ0) is 21.0. The molecule has 0 saturated carbocycles. The Morgan fingerprint density at radius 2 is 1.97 bits per heavy atom. The molecular weight excluding hydrogens is 371 g/mol. The van der Waals surface area contributed by atoms with E-state index in [-0.39, 0.29) is 17.1 Å². The van der Waals surface area contributed by atoms with Crippen LogP contribution in [-0.2, 0) is 4.79 Å². The summed E-state index contributed by atoms with van der Waals surface area (Å²) in [4.78, 5) is 24.2. The molecule has 1 unspecified atom stereocenters. The van der Waals surface area contributed by atoms with Crippen LogP contribution in [0.3, 0.4) is 0 Å². The summed E-state index contributed by atoms with van der Waals surface area (Å²) >= 11 is 0. The minimum Gasteiger partial charge on any atom is -0.492 e. The Morgan fingerprint density at radius 1 is 1.21 bits per heavy atom. The van der Waals surface area contributed by atoms with Crippen molar-refractivity contribution in [3.63, 3.8) is 0 Å². The molecule has 8 heteroatoms. The van der Waals surface area contributed by atoms with Crippen LogP contribution < -0.4 is 14.9 Å². The molecule has 1 aromatic heterocycles. The summed E-state index contributed by atoms with van der Waals surface area (Å²) in [6.07, 6.45) is 1.89. The molecule has 146 valence electrons. The maximum Gasteiger partial charge on any atom is 0.344 e. The lowest BCUT2D eigenvalue weighted by Crippen LogP contribution is -2.24. The van der Waals surface area contributed by atoms with E-state index in [1.807, 2.05) is 31.2 Å². The number of para-hydroxylation sites is 2. The molecule has 0 aliphatic carbocycles. The summed E-state index contributed by atoms with van der Waals surface area (Å²) in [5, 5.41) is 13.4. The SMILES string of the molecule is [B]c1ccc(OC(C)C(=O)O)c(C(=O)c2cnn(-c3ccccc3OCC)c2)c1. The van der Waals surface area contributed by atoms with Gasteiger partial charge in [0.05, 0.1) is 23.9 Å². The Hall–Kier alpha value is -3.55. The summed E-state index contributed by atoms with van der Waals surface area (Å²) in [6.45, 7) is 3.76. The molecule has 0 amide bonds. The van der Waals surface area contributed by atoms with Gasteiger partial charge in [0.1, 0.15) is 25.0 Å². The molecule has 0 saturated heterocycles. The van der Waals surface area contributed by atoms with E-state index < -0.39 is 12.1 Å². The van der Waals surface area contributed by atoms with Gasteiger partial charge >= 0.3 is 5.97 Å². The molecule has 0 bridgehead atoms. The smallest absolute Gasteiger partial charge is 0.344 e. The zero-order valence-corrected chi connectivity index (χ0v) is 16.0. The van der Waals surface area contributed by atoms with Crippen LogP contribution in [0.5, 0.6) is 11.5 Å². The number of nitrogens with zero attached hydrogens (tertiary/aromatic N) is 2. The number of carboxylic acids is 1. The fourth-order valence-electron chi connectivity index (χ4n) is 2.72. The fraction of sp³-hybridized carbons (Fsp3) is 0.190. The van der Waals surface area contributed by atoms with Gasteiger partial charge in [-0.1, -0.05) is 29.7 Å². The van der Waals surface area contributed by atoms with Crippen molar-refractivity contribution in [3.8, 4) is 17.2 Å². The third-order valence-electron chi connectivity index (χ3n) is 4.16. The molecule has 1 atom stereocenters. The van der Waals surface area contributed by atoms with Crippen LogP contribution >= 0.6 is 0 Å². The normalized spacial score (nSPS) is 11.7. The van der Waals surface area contributed by atoms with Gasteiger partial charge in [0, 0.05) is 6.20 Å². The second-order valence-corrected chi connectivity index (χ2v) is 6.26. The lowest BCUT2D eigenvalue weighted by Gasteiger charge is -2.14. The van der Waals surface area contributed by atoms with Crippen molar-refractivity contribution in [2.45, 2.75) is 20.0 Å². The molecule has 1 heterocycles. The number of benzene rings is 2. The lowest BCUT2D eigenvalue weighted by atomic mass is 9.92. The van der Waals surface area contributed by atoms with Crippen molar-refractivity contribution in [3.05, 3.63) is 66.0 Å². The molecule has 29 heavy (non-hydrogen) atoms. The number of carbonyl (C=O) groups is 2. The molecule has 3 rings (SSSR count). The summed E-state index contributed by atoms with van der Waals surface area (Å²) in [5.41, 5.74) is 1.51. The van der Waals surface area contributed by atoms with Gasteiger partial charge in [-0.05, 0) is 32.0 Å². The largest absolute Gasteiger partial charge is 0.492 e. The van der Waals surface area contributed by atoms with Crippen LogP contribution in [0.15, 0.2) is 54.9 Å². The topological polar surface area (TPSA) is 90.7 Å². The van der Waals surface area contributed by atoms with Gasteiger partial charge in [0.25, 0.3) is 0 Å². The second kappa shape index (κ2) is 8.64. The molecule has 2 aromatic carbocycles. The van der Waals surface area contributed by atoms with Crippen molar-refractivity contribution >= 4 is 25.1 Å². The first-order valence-corrected chi connectivity index (χ1v) is 9.01. The van der Waals surface area contributed by atoms with Crippen LogP contribution in [0.25, 0.3) is 5.69 Å². The lowest BCUT2D eigenvalue weighted by molar-refractivity contribution is -0.144. The monoisotopic (exact) mass is 390 g/mol. The maximum absolute atomic E-state index is 13.1. The number of hydrogen-bond donors (Lipinski definition) is 1. The molecule has 0 spiro atoms. The maximum atomic E-state index is 13.1. The average Bonchev–Trinajstić information content (AvgIpc) is 3.19. The van der Waals surface area contributed by atoms with Gasteiger partial charge in [-0.3, -0.25) is 4.79 Å². The number of ketones is 1. The minimum absolute atomic E-state index is 0.140. The highest BCUT2D eigenvalue weighted by molar-refractivity contribution is 6.33. The first-order chi connectivity index (χ1) is 13.9. The molecule has 0 aliphatic heterocycles. The predicted molar refractivity (Wildman–Crippen MR) is 108 cm³/mol. The third kappa shape index (κ3) is 4.48. The molecule has 0 aliphatic rings. The average molecular weight is 390 g/mol. The Morgan fingerprint density at radius 3 is 2.69 bits per heavy atom. The molecule has 7 nitrogen and oxygen atoms in total. The van der Waals surface area contributed by atoms with Gasteiger partial charge < -0.3 is 14.6 Å². The Kier molecular flexibility index (Phi) is 6.02. The first kappa shape index (κ1) is 20.2.